The number of carbonyl (C=O) groups is 1. The lowest BCUT2D eigenvalue weighted by Crippen LogP contribution is -2.35. The fourth-order valence-corrected chi connectivity index (χ4v) is 4.57. The third kappa shape index (κ3) is 2.58. The first-order chi connectivity index (χ1) is 8.84. The maximum atomic E-state index is 12.0. The predicted molar refractivity (Wildman–Crippen MR) is 76.8 cm³/mol. The van der Waals surface area contributed by atoms with Crippen molar-refractivity contribution in [1.29, 1.82) is 0 Å². The molecule has 1 amide bonds. The molecule has 1 atom stereocenters. The van der Waals surface area contributed by atoms with E-state index in [0.717, 1.165) is 6.54 Å². The maximum absolute atomic E-state index is 12.0. The molecule has 18 heavy (non-hydrogen) atoms. The van der Waals surface area contributed by atoms with Crippen LogP contribution >= 0.6 is 23.1 Å². The molecule has 98 valence electrons. The Morgan fingerprint density at radius 1 is 1.39 bits per heavy atom. The van der Waals surface area contributed by atoms with Crippen LogP contribution in [0.1, 0.15) is 24.6 Å². The highest BCUT2D eigenvalue weighted by Gasteiger charge is 2.33. The van der Waals surface area contributed by atoms with Gasteiger partial charge in [-0.3, -0.25) is 10.1 Å². The highest BCUT2D eigenvalue weighted by atomic mass is 32.2. The van der Waals surface area contributed by atoms with Gasteiger partial charge in [-0.15, -0.1) is 0 Å². The van der Waals surface area contributed by atoms with Crippen LogP contribution in [0.5, 0.6) is 0 Å². The summed E-state index contributed by atoms with van der Waals surface area (Å²) >= 11 is 3.73. The fraction of sp³-hybridized carbons (Fsp3) is 0.615. The third-order valence-electron chi connectivity index (χ3n) is 3.73. The van der Waals surface area contributed by atoms with E-state index in [1.54, 1.807) is 11.3 Å². The SMILES string of the molecule is O=C1CNC(c2ccsc2)N1CC1CCSCC1. The average Bonchev–Trinajstić information content (AvgIpc) is 3.02. The van der Waals surface area contributed by atoms with Gasteiger partial charge in [0.2, 0.25) is 5.91 Å². The maximum Gasteiger partial charge on any atom is 0.238 e. The lowest BCUT2D eigenvalue weighted by Gasteiger charge is -2.30. The van der Waals surface area contributed by atoms with E-state index >= 15 is 0 Å². The van der Waals surface area contributed by atoms with Gasteiger partial charge in [0.05, 0.1) is 6.54 Å². The summed E-state index contributed by atoms with van der Waals surface area (Å²) in [5.74, 6) is 3.45. The Morgan fingerprint density at radius 2 is 2.22 bits per heavy atom. The van der Waals surface area contributed by atoms with Crippen molar-refractivity contribution in [2.75, 3.05) is 24.6 Å². The van der Waals surface area contributed by atoms with Gasteiger partial charge in [0.1, 0.15) is 6.17 Å². The Morgan fingerprint density at radius 3 is 2.94 bits per heavy atom. The molecule has 0 bridgehead atoms. The van der Waals surface area contributed by atoms with Crippen LogP contribution in [-0.4, -0.2) is 35.4 Å². The van der Waals surface area contributed by atoms with Crippen LogP contribution in [-0.2, 0) is 4.79 Å². The van der Waals surface area contributed by atoms with Crippen LogP contribution in [0.2, 0.25) is 0 Å². The second-order valence-electron chi connectivity index (χ2n) is 4.94. The zero-order valence-corrected chi connectivity index (χ0v) is 11.9. The van der Waals surface area contributed by atoms with E-state index in [4.69, 9.17) is 0 Å². The third-order valence-corrected chi connectivity index (χ3v) is 5.48. The van der Waals surface area contributed by atoms with Gasteiger partial charge in [0.25, 0.3) is 0 Å². The summed E-state index contributed by atoms with van der Waals surface area (Å²) in [6.45, 7) is 1.41. The van der Waals surface area contributed by atoms with Gasteiger partial charge in [-0.25, -0.2) is 0 Å². The van der Waals surface area contributed by atoms with Crippen molar-refractivity contribution in [3.8, 4) is 0 Å². The Kier molecular flexibility index (Phi) is 3.91. The molecule has 0 aromatic carbocycles. The number of nitrogens with one attached hydrogen (secondary N) is 1. The lowest BCUT2D eigenvalue weighted by molar-refractivity contribution is -0.128. The molecule has 2 aliphatic heterocycles. The molecule has 0 radical (unpaired) electrons. The molecule has 0 aliphatic carbocycles. The molecule has 1 aromatic heterocycles. The first-order valence-electron chi connectivity index (χ1n) is 6.47. The van der Waals surface area contributed by atoms with Crippen molar-refractivity contribution in [3.63, 3.8) is 0 Å². The number of thiophene rings is 1. The van der Waals surface area contributed by atoms with E-state index in [1.807, 2.05) is 16.7 Å². The monoisotopic (exact) mass is 282 g/mol. The van der Waals surface area contributed by atoms with Crippen LogP contribution in [0.15, 0.2) is 16.8 Å². The standard InChI is InChI=1S/C13H18N2OS2/c16-12-7-14-13(11-3-6-18-9-11)15(12)8-10-1-4-17-5-2-10/h3,6,9-10,13-14H,1-2,4-5,7-8H2. The van der Waals surface area contributed by atoms with E-state index in [2.05, 4.69) is 22.1 Å². The zero-order valence-electron chi connectivity index (χ0n) is 10.3. The van der Waals surface area contributed by atoms with Crippen molar-refractivity contribution in [3.05, 3.63) is 22.4 Å². The van der Waals surface area contributed by atoms with Gasteiger partial charge in [-0.2, -0.15) is 23.1 Å². The van der Waals surface area contributed by atoms with Crippen molar-refractivity contribution in [2.45, 2.75) is 19.0 Å². The second-order valence-corrected chi connectivity index (χ2v) is 6.95. The molecule has 3 nitrogen and oxygen atoms in total. The van der Waals surface area contributed by atoms with Gasteiger partial charge < -0.3 is 4.90 Å². The molecule has 0 saturated carbocycles. The largest absolute Gasteiger partial charge is 0.322 e. The van der Waals surface area contributed by atoms with Crippen molar-refractivity contribution in [2.24, 2.45) is 5.92 Å². The minimum absolute atomic E-state index is 0.110. The zero-order chi connectivity index (χ0) is 12.4. The van der Waals surface area contributed by atoms with Gasteiger partial charge >= 0.3 is 0 Å². The Balaban J connectivity index is 1.69. The molecular weight excluding hydrogens is 264 g/mol. The summed E-state index contributed by atoms with van der Waals surface area (Å²) in [5, 5.41) is 7.54. The van der Waals surface area contributed by atoms with E-state index in [9.17, 15) is 4.79 Å². The highest BCUT2D eigenvalue weighted by Crippen LogP contribution is 2.29. The van der Waals surface area contributed by atoms with Gasteiger partial charge in [0, 0.05) is 6.54 Å². The molecule has 1 N–H and O–H groups in total. The molecule has 3 heterocycles. The minimum Gasteiger partial charge on any atom is -0.322 e. The fourth-order valence-electron chi connectivity index (χ4n) is 2.68. The molecule has 2 fully saturated rings. The topological polar surface area (TPSA) is 32.3 Å². The number of hydrogen-bond acceptors (Lipinski definition) is 4. The molecule has 5 heteroatoms. The molecular formula is C13H18N2OS2. The van der Waals surface area contributed by atoms with Gasteiger partial charge in [0.15, 0.2) is 0 Å². The van der Waals surface area contributed by atoms with Crippen LogP contribution in [0.4, 0.5) is 0 Å². The Bertz CT molecular complexity index is 401. The second kappa shape index (κ2) is 5.63. The summed E-state index contributed by atoms with van der Waals surface area (Å²) in [7, 11) is 0. The average molecular weight is 282 g/mol. The quantitative estimate of drug-likeness (QED) is 0.923. The van der Waals surface area contributed by atoms with Crippen molar-refractivity contribution < 1.29 is 4.79 Å². The summed E-state index contributed by atoms with van der Waals surface area (Å²) in [6, 6.07) is 2.12. The highest BCUT2D eigenvalue weighted by molar-refractivity contribution is 7.99. The number of carbonyl (C=O) groups excluding carboxylic acids is 1. The van der Waals surface area contributed by atoms with Crippen LogP contribution in [0, 0.1) is 5.92 Å². The molecule has 1 aromatic rings. The number of hydrogen-bond donors (Lipinski definition) is 1. The number of nitrogens with zero attached hydrogens (tertiary/aromatic N) is 1. The molecule has 1 unspecified atom stereocenters. The van der Waals surface area contributed by atoms with Crippen LogP contribution in [0.25, 0.3) is 0 Å². The van der Waals surface area contributed by atoms with E-state index in [1.165, 1.54) is 29.9 Å². The van der Waals surface area contributed by atoms with E-state index in [0.29, 0.717) is 12.5 Å². The predicted octanol–water partition coefficient (Wildman–Crippen LogP) is 2.32. The minimum atomic E-state index is 0.110. The smallest absolute Gasteiger partial charge is 0.238 e. The normalized spacial score (nSPS) is 25.9. The Hall–Kier alpha value is -0.520. The summed E-state index contributed by atoms with van der Waals surface area (Å²) < 4.78 is 0. The molecule has 2 saturated heterocycles. The first kappa shape index (κ1) is 12.5. The van der Waals surface area contributed by atoms with Crippen LogP contribution < -0.4 is 5.32 Å². The Labute approximate surface area is 116 Å². The van der Waals surface area contributed by atoms with Crippen molar-refractivity contribution >= 4 is 29.0 Å². The molecule has 2 aliphatic rings. The van der Waals surface area contributed by atoms with Crippen LogP contribution in [0.3, 0.4) is 0 Å². The summed E-state index contributed by atoms with van der Waals surface area (Å²) in [4.78, 5) is 14.1. The number of thioether (sulfide) groups is 1. The van der Waals surface area contributed by atoms with Crippen molar-refractivity contribution in [1.82, 2.24) is 10.2 Å². The number of amides is 1. The van der Waals surface area contributed by atoms with E-state index in [-0.39, 0.29) is 12.1 Å². The first-order valence-corrected chi connectivity index (χ1v) is 8.57. The summed E-state index contributed by atoms with van der Waals surface area (Å²) in [6.07, 6.45) is 2.62. The molecule has 3 rings (SSSR count). The van der Waals surface area contributed by atoms with E-state index < -0.39 is 0 Å². The number of rotatable bonds is 3. The van der Waals surface area contributed by atoms with Gasteiger partial charge in [-0.05, 0) is 52.7 Å². The summed E-state index contributed by atoms with van der Waals surface area (Å²) in [5.41, 5.74) is 1.23. The van der Waals surface area contributed by atoms with Gasteiger partial charge in [-0.1, -0.05) is 0 Å². The molecule has 0 spiro atoms. The lowest BCUT2D eigenvalue weighted by atomic mass is 10.0.